The molecule has 0 aliphatic carbocycles. The highest BCUT2D eigenvalue weighted by Gasteiger charge is 2.28. The summed E-state index contributed by atoms with van der Waals surface area (Å²) in [6.07, 6.45) is 1.17. The van der Waals surface area contributed by atoms with Gasteiger partial charge in [-0.25, -0.2) is 9.59 Å². The van der Waals surface area contributed by atoms with Gasteiger partial charge in [-0.2, -0.15) is 5.26 Å². The van der Waals surface area contributed by atoms with E-state index in [2.05, 4.69) is 10.1 Å². The van der Waals surface area contributed by atoms with Crippen molar-refractivity contribution in [2.75, 3.05) is 12.4 Å². The van der Waals surface area contributed by atoms with Crippen LogP contribution in [0, 0.1) is 11.3 Å². The van der Waals surface area contributed by atoms with Crippen LogP contribution in [0.5, 0.6) is 0 Å². The van der Waals surface area contributed by atoms with Gasteiger partial charge in [-0.15, -0.1) is 0 Å². The standard InChI is InChI=1S/C14H10N2O4/c1-19-14(18)10(8-15)13-11(7-12(17)20-13)16-9-5-3-2-4-6-9/h2-7,16H,1H3/b13-10+. The van der Waals surface area contributed by atoms with Gasteiger partial charge in [0.2, 0.25) is 0 Å². The summed E-state index contributed by atoms with van der Waals surface area (Å²) in [5.41, 5.74) is 0.563. The Labute approximate surface area is 114 Å². The zero-order valence-electron chi connectivity index (χ0n) is 10.5. The summed E-state index contributed by atoms with van der Waals surface area (Å²) in [5.74, 6) is -1.65. The van der Waals surface area contributed by atoms with Crippen LogP contribution >= 0.6 is 0 Å². The Morgan fingerprint density at radius 3 is 2.65 bits per heavy atom. The summed E-state index contributed by atoms with van der Waals surface area (Å²) in [5, 5.41) is 11.9. The van der Waals surface area contributed by atoms with Gasteiger partial charge >= 0.3 is 11.9 Å². The number of para-hydroxylation sites is 1. The molecule has 0 amide bonds. The zero-order chi connectivity index (χ0) is 14.5. The molecular weight excluding hydrogens is 260 g/mol. The molecule has 1 aromatic carbocycles. The summed E-state index contributed by atoms with van der Waals surface area (Å²) < 4.78 is 9.37. The molecule has 20 heavy (non-hydrogen) atoms. The van der Waals surface area contributed by atoms with E-state index in [1.807, 2.05) is 6.07 Å². The zero-order valence-corrected chi connectivity index (χ0v) is 10.5. The first-order chi connectivity index (χ1) is 9.65. The topological polar surface area (TPSA) is 88.4 Å². The molecule has 1 aliphatic heterocycles. The van der Waals surface area contributed by atoms with Crippen molar-refractivity contribution in [1.29, 1.82) is 5.26 Å². The molecule has 1 aromatic rings. The molecule has 0 bridgehead atoms. The first kappa shape index (κ1) is 13.4. The van der Waals surface area contributed by atoms with E-state index in [1.165, 1.54) is 6.08 Å². The van der Waals surface area contributed by atoms with Crippen molar-refractivity contribution in [2.45, 2.75) is 0 Å². The van der Waals surface area contributed by atoms with Crippen molar-refractivity contribution < 1.29 is 19.1 Å². The Balaban J connectivity index is 2.38. The first-order valence-corrected chi connectivity index (χ1v) is 5.64. The van der Waals surface area contributed by atoms with Gasteiger partial charge in [-0.05, 0) is 12.1 Å². The smallest absolute Gasteiger partial charge is 0.352 e. The van der Waals surface area contributed by atoms with E-state index in [1.54, 1.807) is 30.3 Å². The van der Waals surface area contributed by atoms with Crippen molar-refractivity contribution in [3.8, 4) is 6.07 Å². The maximum absolute atomic E-state index is 11.5. The van der Waals surface area contributed by atoms with Gasteiger partial charge in [0, 0.05) is 5.69 Å². The fourth-order valence-electron chi connectivity index (χ4n) is 1.62. The number of hydrogen-bond acceptors (Lipinski definition) is 6. The molecule has 6 nitrogen and oxygen atoms in total. The minimum atomic E-state index is -0.863. The maximum atomic E-state index is 11.5. The number of ether oxygens (including phenoxy) is 2. The number of esters is 2. The van der Waals surface area contributed by atoms with E-state index < -0.39 is 11.9 Å². The van der Waals surface area contributed by atoms with Gasteiger partial charge in [0.15, 0.2) is 11.3 Å². The molecule has 0 saturated heterocycles. The molecule has 2 rings (SSSR count). The Bertz CT molecular complexity index is 654. The van der Waals surface area contributed by atoms with Crippen LogP contribution in [0.3, 0.4) is 0 Å². The average Bonchev–Trinajstić information content (AvgIpc) is 2.81. The van der Waals surface area contributed by atoms with Gasteiger partial charge in [0.05, 0.1) is 18.9 Å². The molecule has 0 fully saturated rings. The third-order valence-corrected chi connectivity index (χ3v) is 2.49. The minimum absolute atomic E-state index is 0.131. The normalized spacial score (nSPS) is 15.8. The molecular formula is C14H10N2O4. The summed E-state index contributed by atoms with van der Waals surface area (Å²) in [6.45, 7) is 0. The van der Waals surface area contributed by atoms with E-state index in [-0.39, 0.29) is 17.0 Å². The van der Waals surface area contributed by atoms with Crippen molar-refractivity contribution in [2.24, 2.45) is 0 Å². The van der Waals surface area contributed by atoms with Crippen LogP contribution in [0.1, 0.15) is 0 Å². The van der Waals surface area contributed by atoms with Crippen molar-refractivity contribution in [3.63, 3.8) is 0 Å². The number of rotatable bonds is 3. The van der Waals surface area contributed by atoms with E-state index in [0.29, 0.717) is 5.69 Å². The molecule has 0 unspecified atom stereocenters. The number of nitrogens with one attached hydrogen (secondary N) is 1. The molecule has 100 valence electrons. The number of anilines is 1. The largest absolute Gasteiger partial charge is 0.465 e. The van der Waals surface area contributed by atoms with Crippen LogP contribution in [0.4, 0.5) is 5.69 Å². The lowest BCUT2D eigenvalue weighted by Gasteiger charge is -2.09. The summed E-state index contributed by atoms with van der Waals surface area (Å²) >= 11 is 0. The number of nitrogens with zero attached hydrogens (tertiary/aromatic N) is 1. The predicted octanol–water partition coefficient (Wildman–Crippen LogP) is 1.49. The number of benzene rings is 1. The first-order valence-electron chi connectivity index (χ1n) is 5.64. The predicted molar refractivity (Wildman–Crippen MR) is 68.9 cm³/mol. The highest BCUT2D eigenvalue weighted by Crippen LogP contribution is 2.25. The molecule has 0 atom stereocenters. The highest BCUT2D eigenvalue weighted by atomic mass is 16.5. The van der Waals surface area contributed by atoms with Crippen molar-refractivity contribution in [1.82, 2.24) is 0 Å². The van der Waals surface area contributed by atoms with E-state index in [0.717, 1.165) is 7.11 Å². The number of cyclic esters (lactones) is 1. The van der Waals surface area contributed by atoms with E-state index in [4.69, 9.17) is 10.00 Å². The highest BCUT2D eigenvalue weighted by molar-refractivity contribution is 5.98. The van der Waals surface area contributed by atoms with E-state index in [9.17, 15) is 9.59 Å². The SMILES string of the molecule is COC(=O)/C(C#N)=C1/OC(=O)C=C1Nc1ccccc1. The lowest BCUT2D eigenvalue weighted by Crippen LogP contribution is -2.10. The monoisotopic (exact) mass is 270 g/mol. The molecule has 1 heterocycles. The molecule has 0 saturated carbocycles. The quantitative estimate of drug-likeness (QED) is 0.508. The number of carbonyl (C=O) groups excluding carboxylic acids is 2. The summed E-state index contributed by atoms with van der Waals surface area (Å²) in [6, 6.07) is 10.7. The molecule has 0 spiro atoms. The van der Waals surface area contributed by atoms with Gasteiger partial charge < -0.3 is 14.8 Å². The van der Waals surface area contributed by atoms with Crippen LogP contribution in [-0.4, -0.2) is 19.0 Å². The number of carbonyl (C=O) groups is 2. The Morgan fingerprint density at radius 2 is 2.05 bits per heavy atom. The fraction of sp³-hybridized carbons (Fsp3) is 0.0714. The van der Waals surface area contributed by atoms with Crippen molar-refractivity contribution >= 4 is 17.6 Å². The molecule has 0 aromatic heterocycles. The average molecular weight is 270 g/mol. The number of nitriles is 1. The second-order valence-corrected chi connectivity index (χ2v) is 3.78. The second-order valence-electron chi connectivity index (χ2n) is 3.78. The van der Waals surface area contributed by atoms with Gasteiger partial charge in [0.1, 0.15) is 6.07 Å². The Hall–Kier alpha value is -3.07. The van der Waals surface area contributed by atoms with Crippen LogP contribution < -0.4 is 5.32 Å². The fourth-order valence-corrected chi connectivity index (χ4v) is 1.62. The van der Waals surface area contributed by atoms with Crippen LogP contribution in [0.2, 0.25) is 0 Å². The number of hydrogen-bond donors (Lipinski definition) is 1. The summed E-state index contributed by atoms with van der Waals surface area (Å²) in [4.78, 5) is 22.8. The number of methoxy groups -OCH3 is 1. The third kappa shape index (κ3) is 2.67. The van der Waals surface area contributed by atoms with Gasteiger partial charge in [0.25, 0.3) is 0 Å². The third-order valence-electron chi connectivity index (χ3n) is 2.49. The van der Waals surface area contributed by atoms with Crippen LogP contribution in [-0.2, 0) is 19.1 Å². The van der Waals surface area contributed by atoms with Crippen molar-refractivity contribution in [3.05, 3.63) is 53.4 Å². The molecule has 1 N–H and O–H groups in total. The lowest BCUT2D eigenvalue weighted by atomic mass is 10.2. The van der Waals surface area contributed by atoms with Gasteiger partial charge in [-0.3, -0.25) is 0 Å². The molecule has 1 aliphatic rings. The maximum Gasteiger partial charge on any atom is 0.352 e. The molecule has 0 radical (unpaired) electrons. The molecule has 6 heteroatoms. The summed E-state index contributed by atoms with van der Waals surface area (Å²) in [7, 11) is 1.14. The Morgan fingerprint density at radius 1 is 1.35 bits per heavy atom. The Kier molecular flexibility index (Phi) is 3.82. The minimum Gasteiger partial charge on any atom is -0.465 e. The van der Waals surface area contributed by atoms with E-state index >= 15 is 0 Å². The van der Waals surface area contributed by atoms with Crippen LogP contribution in [0.15, 0.2) is 53.4 Å². The second kappa shape index (κ2) is 5.71. The van der Waals surface area contributed by atoms with Gasteiger partial charge in [-0.1, -0.05) is 18.2 Å². The lowest BCUT2D eigenvalue weighted by molar-refractivity contribution is -0.136. The van der Waals surface area contributed by atoms with Crippen LogP contribution in [0.25, 0.3) is 0 Å².